The second-order valence-corrected chi connectivity index (χ2v) is 4.94. The van der Waals surface area contributed by atoms with E-state index in [0.717, 1.165) is 12.1 Å². The van der Waals surface area contributed by atoms with Gasteiger partial charge in [0.1, 0.15) is 11.5 Å². The van der Waals surface area contributed by atoms with E-state index in [4.69, 9.17) is 9.47 Å². The topological polar surface area (TPSA) is 68.8 Å². The summed E-state index contributed by atoms with van der Waals surface area (Å²) in [6.07, 6.45) is 0. The fourth-order valence-corrected chi connectivity index (χ4v) is 2.15. The van der Waals surface area contributed by atoms with Gasteiger partial charge >= 0.3 is 0 Å². The number of carbonyl (C=O) groups excluding carboxylic acids is 1. The first kappa shape index (κ1) is 18.3. The number of nitrogens with one attached hydrogen (secondary N) is 2. The van der Waals surface area contributed by atoms with Crippen molar-refractivity contribution >= 4 is 17.3 Å². The van der Waals surface area contributed by atoms with Crippen LogP contribution in [-0.2, 0) is 4.79 Å². The van der Waals surface area contributed by atoms with Crippen LogP contribution in [-0.4, -0.2) is 33.8 Å². The number of rotatable bonds is 7. The van der Waals surface area contributed by atoms with Crippen molar-refractivity contribution in [3.63, 3.8) is 0 Å². The number of amides is 1. The summed E-state index contributed by atoms with van der Waals surface area (Å²) in [7, 11) is 4.14. The molecule has 0 atom stereocenters. The minimum absolute atomic E-state index is 0.114. The molecule has 25 heavy (non-hydrogen) atoms. The molecule has 0 unspecified atom stereocenters. The molecule has 0 aliphatic heterocycles. The van der Waals surface area contributed by atoms with Gasteiger partial charge in [-0.2, -0.15) is 0 Å². The van der Waals surface area contributed by atoms with Crippen LogP contribution in [0.25, 0.3) is 0 Å². The molecule has 0 radical (unpaired) electrons. The Labute approximate surface area is 143 Å². The minimum atomic E-state index is -0.861. The number of ether oxygens (including phenoxy) is 3. The Morgan fingerprint density at radius 1 is 1.00 bits per heavy atom. The van der Waals surface area contributed by atoms with E-state index in [1.165, 1.54) is 21.3 Å². The molecule has 6 nitrogen and oxygen atoms in total. The van der Waals surface area contributed by atoms with E-state index in [9.17, 15) is 13.6 Å². The van der Waals surface area contributed by atoms with Gasteiger partial charge in [0.05, 0.1) is 33.6 Å². The molecule has 2 aromatic carbocycles. The average molecular weight is 352 g/mol. The van der Waals surface area contributed by atoms with Gasteiger partial charge in [-0.05, 0) is 12.1 Å². The number of carbonyl (C=O) groups is 1. The average Bonchev–Trinajstić information content (AvgIpc) is 2.59. The van der Waals surface area contributed by atoms with Crippen LogP contribution in [0.1, 0.15) is 0 Å². The van der Waals surface area contributed by atoms with Gasteiger partial charge in [-0.25, -0.2) is 8.78 Å². The highest BCUT2D eigenvalue weighted by atomic mass is 19.1. The molecule has 2 rings (SSSR count). The van der Waals surface area contributed by atoms with E-state index < -0.39 is 23.3 Å². The van der Waals surface area contributed by atoms with Gasteiger partial charge < -0.3 is 24.8 Å². The zero-order valence-corrected chi connectivity index (χ0v) is 14.0. The fraction of sp³-hybridized carbons (Fsp3) is 0.235. The van der Waals surface area contributed by atoms with Crippen molar-refractivity contribution in [2.75, 3.05) is 38.5 Å². The van der Waals surface area contributed by atoms with Gasteiger partial charge in [-0.15, -0.1) is 0 Å². The minimum Gasteiger partial charge on any atom is -0.497 e. The molecule has 0 aliphatic rings. The molecule has 0 fully saturated rings. The lowest BCUT2D eigenvalue weighted by atomic mass is 10.2. The van der Waals surface area contributed by atoms with Gasteiger partial charge in [0.15, 0.2) is 17.4 Å². The summed E-state index contributed by atoms with van der Waals surface area (Å²) in [5.74, 6) is -1.63. The number of anilines is 2. The molecule has 0 saturated heterocycles. The maximum absolute atomic E-state index is 13.6. The number of hydrogen-bond donors (Lipinski definition) is 2. The summed E-state index contributed by atoms with van der Waals surface area (Å²) >= 11 is 0. The molecule has 1 amide bonds. The van der Waals surface area contributed by atoms with Crippen molar-refractivity contribution in [3.05, 3.63) is 42.0 Å². The molecule has 2 aromatic rings. The van der Waals surface area contributed by atoms with Gasteiger partial charge in [-0.3, -0.25) is 4.79 Å². The lowest BCUT2D eigenvalue weighted by molar-refractivity contribution is -0.114. The van der Waals surface area contributed by atoms with E-state index in [1.807, 2.05) is 0 Å². The molecule has 2 N–H and O–H groups in total. The number of hydrogen-bond acceptors (Lipinski definition) is 5. The maximum atomic E-state index is 13.6. The summed E-state index contributed by atoms with van der Waals surface area (Å²) in [5.41, 5.74) is 0.532. The summed E-state index contributed by atoms with van der Waals surface area (Å²) < 4.78 is 42.1. The van der Waals surface area contributed by atoms with Crippen LogP contribution in [0, 0.1) is 11.6 Å². The van der Waals surface area contributed by atoms with Crippen LogP contribution in [0.3, 0.4) is 0 Å². The second kappa shape index (κ2) is 8.18. The molecule has 134 valence electrons. The molecule has 0 aromatic heterocycles. The first-order chi connectivity index (χ1) is 12.0. The van der Waals surface area contributed by atoms with Crippen LogP contribution < -0.4 is 24.8 Å². The Morgan fingerprint density at radius 3 is 2.24 bits per heavy atom. The number of methoxy groups -OCH3 is 3. The normalized spacial score (nSPS) is 10.1. The zero-order chi connectivity index (χ0) is 18.4. The molecule has 0 heterocycles. The first-order valence-electron chi connectivity index (χ1n) is 7.27. The predicted molar refractivity (Wildman–Crippen MR) is 89.6 cm³/mol. The van der Waals surface area contributed by atoms with Crippen LogP contribution in [0.4, 0.5) is 20.2 Å². The molecule has 0 saturated carbocycles. The van der Waals surface area contributed by atoms with Crippen LogP contribution >= 0.6 is 0 Å². The smallest absolute Gasteiger partial charge is 0.243 e. The Kier molecular flexibility index (Phi) is 5.99. The molecular weight excluding hydrogens is 334 g/mol. The van der Waals surface area contributed by atoms with E-state index in [2.05, 4.69) is 15.4 Å². The standard InChI is InChI=1S/C17H18F2N2O4/c1-23-11-4-5-15(24-2)14(8-11)21-16(22)9-20-10-6-12(18)17(25-3)13(19)7-10/h4-8,20H,9H2,1-3H3,(H,21,22). The molecular formula is C17H18F2N2O4. The van der Waals surface area contributed by atoms with E-state index in [0.29, 0.717) is 17.2 Å². The van der Waals surface area contributed by atoms with Crippen molar-refractivity contribution in [1.29, 1.82) is 0 Å². The largest absolute Gasteiger partial charge is 0.497 e. The summed E-state index contributed by atoms with van der Waals surface area (Å²) in [6, 6.07) is 7.03. The van der Waals surface area contributed by atoms with Gasteiger partial charge in [0, 0.05) is 23.9 Å². The Balaban J connectivity index is 2.04. The van der Waals surface area contributed by atoms with Gasteiger partial charge in [0.25, 0.3) is 0 Å². The van der Waals surface area contributed by atoms with Crippen LogP contribution in [0.2, 0.25) is 0 Å². The van der Waals surface area contributed by atoms with Crippen LogP contribution in [0.15, 0.2) is 30.3 Å². The van der Waals surface area contributed by atoms with Crippen molar-refractivity contribution in [2.24, 2.45) is 0 Å². The lowest BCUT2D eigenvalue weighted by Gasteiger charge is -2.13. The SMILES string of the molecule is COc1ccc(OC)c(NC(=O)CNc2cc(F)c(OC)c(F)c2)c1. The summed E-state index contributed by atoms with van der Waals surface area (Å²) in [4.78, 5) is 12.1. The summed E-state index contributed by atoms with van der Waals surface area (Å²) in [6.45, 7) is -0.203. The first-order valence-corrected chi connectivity index (χ1v) is 7.27. The molecule has 0 spiro atoms. The van der Waals surface area contributed by atoms with Crippen molar-refractivity contribution < 1.29 is 27.8 Å². The van der Waals surface area contributed by atoms with Gasteiger partial charge in [-0.1, -0.05) is 0 Å². The van der Waals surface area contributed by atoms with Gasteiger partial charge in [0.2, 0.25) is 5.91 Å². The third-order valence-corrected chi connectivity index (χ3v) is 3.34. The quantitative estimate of drug-likeness (QED) is 0.802. The Hall–Kier alpha value is -3.03. The monoisotopic (exact) mass is 352 g/mol. The second-order valence-electron chi connectivity index (χ2n) is 4.94. The van der Waals surface area contributed by atoms with E-state index >= 15 is 0 Å². The number of benzene rings is 2. The highest BCUT2D eigenvalue weighted by Gasteiger charge is 2.13. The molecule has 0 aliphatic carbocycles. The highest BCUT2D eigenvalue weighted by molar-refractivity contribution is 5.95. The predicted octanol–water partition coefficient (Wildman–Crippen LogP) is 3.04. The fourth-order valence-electron chi connectivity index (χ4n) is 2.15. The van der Waals surface area contributed by atoms with Crippen molar-refractivity contribution in [3.8, 4) is 17.2 Å². The number of halogens is 2. The third-order valence-electron chi connectivity index (χ3n) is 3.34. The Bertz CT molecular complexity index is 745. The lowest BCUT2D eigenvalue weighted by Crippen LogP contribution is -2.22. The third kappa shape index (κ3) is 4.50. The molecule has 8 heteroatoms. The van der Waals surface area contributed by atoms with Crippen molar-refractivity contribution in [1.82, 2.24) is 0 Å². The highest BCUT2D eigenvalue weighted by Crippen LogP contribution is 2.29. The van der Waals surface area contributed by atoms with Crippen molar-refractivity contribution in [2.45, 2.75) is 0 Å². The Morgan fingerprint density at radius 2 is 1.68 bits per heavy atom. The summed E-state index contributed by atoms with van der Waals surface area (Å²) in [5, 5.41) is 5.28. The zero-order valence-electron chi connectivity index (χ0n) is 14.0. The van der Waals surface area contributed by atoms with E-state index in [-0.39, 0.29) is 12.2 Å². The maximum Gasteiger partial charge on any atom is 0.243 e. The molecule has 0 bridgehead atoms. The van der Waals surface area contributed by atoms with E-state index in [1.54, 1.807) is 18.2 Å². The van der Waals surface area contributed by atoms with Crippen LogP contribution in [0.5, 0.6) is 17.2 Å².